The van der Waals surface area contributed by atoms with E-state index in [1.807, 2.05) is 0 Å². The van der Waals surface area contributed by atoms with Crippen molar-refractivity contribution in [1.82, 2.24) is 5.59 Å². The highest BCUT2D eigenvalue weighted by atomic mass is 35.5. The molecule has 0 unspecified atom stereocenters. The molecule has 0 aliphatic rings. The molecule has 0 aliphatic carbocycles. The molecule has 0 saturated carbocycles. The molecule has 0 atom stereocenters. The molecule has 104 valence electrons. The Bertz CT molecular complexity index is 484. The van der Waals surface area contributed by atoms with Crippen LogP contribution in [-0.2, 0) is 4.74 Å². The number of anilines is 1. The van der Waals surface area contributed by atoms with Crippen LogP contribution < -0.4 is 10.9 Å². The minimum Gasteiger partial charge on any atom is -0.444 e. The van der Waals surface area contributed by atoms with E-state index in [9.17, 15) is 4.79 Å². The maximum absolute atomic E-state index is 11.6. The normalized spacial score (nSPS) is 11.4. The predicted molar refractivity (Wildman–Crippen MR) is 73.8 cm³/mol. The first-order valence-electron chi connectivity index (χ1n) is 5.53. The summed E-state index contributed by atoms with van der Waals surface area (Å²) >= 11 is 5.99. The van der Waals surface area contributed by atoms with Crippen LogP contribution in [0.25, 0.3) is 0 Å². The van der Waals surface area contributed by atoms with Crippen molar-refractivity contribution in [1.29, 1.82) is 0 Å². The smallest absolute Gasteiger partial charge is 0.412 e. The van der Waals surface area contributed by atoms with Crippen LogP contribution in [0, 0.1) is 0 Å². The van der Waals surface area contributed by atoms with Crippen molar-refractivity contribution in [2.45, 2.75) is 26.4 Å². The maximum atomic E-state index is 11.6. The van der Waals surface area contributed by atoms with Gasteiger partial charge in [-0.25, -0.2) is 4.79 Å². The van der Waals surface area contributed by atoms with Crippen LogP contribution in [0.3, 0.4) is 0 Å². The number of carbonyl (C=O) groups is 1. The molecule has 0 spiro atoms. The van der Waals surface area contributed by atoms with Crippen molar-refractivity contribution in [2.75, 3.05) is 5.32 Å². The molecule has 0 heterocycles. The Morgan fingerprint density at radius 1 is 1.47 bits per heavy atom. The average molecular weight is 286 g/mol. The second-order valence-corrected chi connectivity index (χ2v) is 5.13. The molecule has 0 aliphatic heterocycles. The first kappa shape index (κ1) is 15.3. The van der Waals surface area contributed by atoms with Crippen LogP contribution in [0.2, 0.25) is 5.02 Å². The lowest BCUT2D eigenvalue weighted by Crippen LogP contribution is -2.27. The van der Waals surface area contributed by atoms with Crippen LogP contribution >= 0.6 is 11.6 Å². The summed E-state index contributed by atoms with van der Waals surface area (Å²) in [4.78, 5) is 11.6. The van der Waals surface area contributed by atoms with Crippen molar-refractivity contribution in [2.24, 2.45) is 5.10 Å². The molecular weight excluding hydrogens is 270 g/mol. The maximum Gasteiger partial charge on any atom is 0.412 e. The van der Waals surface area contributed by atoms with Gasteiger partial charge in [0.2, 0.25) is 0 Å². The highest BCUT2D eigenvalue weighted by Crippen LogP contribution is 2.20. The molecule has 1 aromatic rings. The SMILES string of the molecule is CC(C)(C)OC(=O)Nc1ccc(C=NNO)c(Cl)c1. The third kappa shape index (κ3) is 5.58. The molecule has 0 fully saturated rings. The van der Waals surface area contributed by atoms with Crippen molar-refractivity contribution < 1.29 is 14.7 Å². The van der Waals surface area contributed by atoms with Crippen molar-refractivity contribution >= 4 is 29.6 Å². The summed E-state index contributed by atoms with van der Waals surface area (Å²) in [7, 11) is 0. The lowest BCUT2D eigenvalue weighted by atomic mass is 10.2. The Morgan fingerprint density at radius 3 is 2.68 bits per heavy atom. The molecule has 1 aromatic carbocycles. The van der Waals surface area contributed by atoms with Crippen LogP contribution in [0.5, 0.6) is 0 Å². The van der Waals surface area contributed by atoms with E-state index in [1.165, 1.54) is 6.21 Å². The van der Waals surface area contributed by atoms with E-state index in [-0.39, 0.29) is 0 Å². The number of nitrogens with zero attached hydrogens (tertiary/aromatic N) is 1. The van der Waals surface area contributed by atoms with Gasteiger partial charge in [0.1, 0.15) is 5.60 Å². The molecule has 0 saturated heterocycles. The van der Waals surface area contributed by atoms with Gasteiger partial charge in [0.05, 0.1) is 11.2 Å². The van der Waals surface area contributed by atoms with E-state index in [4.69, 9.17) is 21.5 Å². The number of hydrazone groups is 1. The number of nitrogens with one attached hydrogen (secondary N) is 2. The molecule has 7 heteroatoms. The van der Waals surface area contributed by atoms with Gasteiger partial charge in [-0.15, -0.1) is 0 Å². The van der Waals surface area contributed by atoms with Gasteiger partial charge in [-0.05, 0) is 39.0 Å². The fourth-order valence-electron chi connectivity index (χ4n) is 1.23. The van der Waals surface area contributed by atoms with Crippen molar-refractivity contribution in [3.8, 4) is 0 Å². The van der Waals surface area contributed by atoms with E-state index in [0.29, 0.717) is 16.3 Å². The predicted octanol–water partition coefficient (Wildman–Crippen LogP) is 3.00. The standard InChI is InChI=1S/C12H16ClN3O3/c1-12(2,3)19-11(17)15-9-5-4-8(7-14-16-18)10(13)6-9/h4-7,16,18H,1-3H3,(H,15,17). The van der Waals surface area contributed by atoms with E-state index >= 15 is 0 Å². The lowest BCUT2D eigenvalue weighted by Gasteiger charge is -2.19. The van der Waals surface area contributed by atoms with Crippen LogP contribution in [-0.4, -0.2) is 23.1 Å². The molecule has 3 N–H and O–H groups in total. The van der Waals surface area contributed by atoms with Gasteiger partial charge >= 0.3 is 6.09 Å². The Balaban J connectivity index is 2.73. The summed E-state index contributed by atoms with van der Waals surface area (Å²) in [5.74, 6) is 0. The van der Waals surface area contributed by atoms with Crippen LogP contribution in [0.4, 0.5) is 10.5 Å². The number of hydrogen-bond acceptors (Lipinski definition) is 5. The van der Waals surface area contributed by atoms with Crippen molar-refractivity contribution in [3.05, 3.63) is 28.8 Å². The fourth-order valence-corrected chi connectivity index (χ4v) is 1.46. The van der Waals surface area contributed by atoms with E-state index < -0.39 is 11.7 Å². The number of halogens is 1. The largest absolute Gasteiger partial charge is 0.444 e. The Hall–Kier alpha value is -1.79. The fraction of sp³-hybridized carbons (Fsp3) is 0.333. The third-order valence-corrected chi connectivity index (χ3v) is 2.23. The minimum absolute atomic E-state index is 0.382. The number of amides is 1. The summed E-state index contributed by atoms with van der Waals surface area (Å²) in [6.45, 7) is 5.34. The molecule has 0 bridgehead atoms. The topological polar surface area (TPSA) is 83.0 Å². The number of hydrogen-bond donors (Lipinski definition) is 3. The minimum atomic E-state index is -0.562. The van der Waals surface area contributed by atoms with Gasteiger partial charge in [0.15, 0.2) is 0 Å². The summed E-state index contributed by atoms with van der Waals surface area (Å²) in [6, 6.07) is 4.86. The number of rotatable bonds is 3. The number of ether oxygens (including phenoxy) is 1. The second kappa shape index (κ2) is 6.40. The van der Waals surface area contributed by atoms with Gasteiger partial charge in [-0.2, -0.15) is 10.7 Å². The summed E-state index contributed by atoms with van der Waals surface area (Å²) in [5, 5.41) is 14.7. The molecule has 0 aromatic heterocycles. The molecule has 1 amide bonds. The molecule has 0 radical (unpaired) electrons. The zero-order valence-corrected chi connectivity index (χ0v) is 11.7. The van der Waals surface area contributed by atoms with E-state index in [0.717, 1.165) is 0 Å². The van der Waals surface area contributed by atoms with Gasteiger partial charge in [0.25, 0.3) is 0 Å². The second-order valence-electron chi connectivity index (χ2n) is 4.72. The quantitative estimate of drug-likeness (QED) is 0.589. The highest BCUT2D eigenvalue weighted by Gasteiger charge is 2.16. The van der Waals surface area contributed by atoms with Gasteiger partial charge in [-0.3, -0.25) is 10.5 Å². The van der Waals surface area contributed by atoms with Gasteiger partial charge < -0.3 is 4.74 Å². The average Bonchev–Trinajstić information content (AvgIpc) is 2.25. The van der Waals surface area contributed by atoms with Crippen molar-refractivity contribution in [3.63, 3.8) is 0 Å². The zero-order chi connectivity index (χ0) is 14.5. The zero-order valence-electron chi connectivity index (χ0n) is 10.9. The molecule has 1 rings (SSSR count). The number of benzene rings is 1. The van der Waals surface area contributed by atoms with Crippen LogP contribution in [0.15, 0.2) is 23.3 Å². The molecule has 19 heavy (non-hydrogen) atoms. The Morgan fingerprint density at radius 2 is 2.16 bits per heavy atom. The summed E-state index contributed by atoms with van der Waals surface area (Å²) in [5.41, 5.74) is 2.18. The number of carbonyl (C=O) groups excluding carboxylic acids is 1. The highest BCUT2D eigenvalue weighted by molar-refractivity contribution is 6.33. The summed E-state index contributed by atoms with van der Waals surface area (Å²) < 4.78 is 5.11. The molecule has 6 nitrogen and oxygen atoms in total. The van der Waals surface area contributed by atoms with Gasteiger partial charge in [0, 0.05) is 11.3 Å². The van der Waals surface area contributed by atoms with E-state index in [1.54, 1.807) is 44.6 Å². The Labute approximate surface area is 116 Å². The summed E-state index contributed by atoms with van der Waals surface area (Å²) in [6.07, 6.45) is 0.793. The molecular formula is C12H16ClN3O3. The first-order chi connectivity index (χ1) is 8.81. The lowest BCUT2D eigenvalue weighted by molar-refractivity contribution is 0.0636. The van der Waals surface area contributed by atoms with Gasteiger partial charge in [-0.1, -0.05) is 11.6 Å². The first-order valence-corrected chi connectivity index (χ1v) is 5.91. The van der Waals surface area contributed by atoms with E-state index in [2.05, 4.69) is 10.4 Å². The third-order valence-electron chi connectivity index (χ3n) is 1.91. The van der Waals surface area contributed by atoms with Crippen LogP contribution in [0.1, 0.15) is 26.3 Å². The monoisotopic (exact) mass is 285 g/mol. The Kier molecular flexibility index (Phi) is 5.14.